The lowest BCUT2D eigenvalue weighted by molar-refractivity contribution is 0.234. The van der Waals surface area contributed by atoms with Crippen molar-refractivity contribution in [1.82, 2.24) is 0 Å². The van der Waals surface area contributed by atoms with Gasteiger partial charge in [0.15, 0.2) is 0 Å². The molecule has 1 aromatic carbocycles. The molecule has 0 bridgehead atoms. The van der Waals surface area contributed by atoms with Crippen LogP contribution in [0.5, 0.6) is 11.5 Å². The molecule has 0 fully saturated rings. The van der Waals surface area contributed by atoms with Gasteiger partial charge < -0.3 is 14.0 Å². The molecule has 3 nitrogen and oxygen atoms in total. The third kappa shape index (κ3) is 1.91. The Bertz CT molecular complexity index is 313. The summed E-state index contributed by atoms with van der Waals surface area (Å²) in [6.45, 7) is 0.569. The van der Waals surface area contributed by atoms with E-state index in [2.05, 4.69) is 0 Å². The average Bonchev–Trinajstić information content (AvgIpc) is 2.60. The average molecular weight is 190 g/mol. The number of benzene rings is 1. The Balaban J connectivity index is 1.98. The summed E-state index contributed by atoms with van der Waals surface area (Å²) >= 11 is 0. The van der Waals surface area contributed by atoms with Gasteiger partial charge in [-0.25, -0.2) is 0 Å². The lowest BCUT2D eigenvalue weighted by atomic mass is 9.90. The molecule has 2 rings (SSSR count). The van der Waals surface area contributed by atoms with Gasteiger partial charge in [0, 0.05) is 7.11 Å². The van der Waals surface area contributed by atoms with Gasteiger partial charge in [-0.1, -0.05) is 18.2 Å². The highest BCUT2D eigenvalue weighted by molar-refractivity contribution is 6.53. The Kier molecular flexibility index (Phi) is 2.74. The molecule has 0 atom stereocenters. The Labute approximate surface area is 83.4 Å². The van der Waals surface area contributed by atoms with E-state index in [1.165, 1.54) is 0 Å². The van der Waals surface area contributed by atoms with Crippen molar-refractivity contribution < 1.29 is 14.0 Å². The van der Waals surface area contributed by atoms with Gasteiger partial charge in [-0.05, 0) is 18.1 Å². The maximum atomic E-state index is 5.49. The zero-order valence-corrected chi connectivity index (χ0v) is 7.97. The number of hydrogen-bond donors (Lipinski definition) is 0. The third-order valence-electron chi connectivity index (χ3n) is 1.89. The maximum Gasteiger partial charge on any atom is 0.624 e. The summed E-state index contributed by atoms with van der Waals surface area (Å²) in [5.41, 5.74) is 0. The van der Waals surface area contributed by atoms with E-state index in [-0.39, 0.29) is 7.12 Å². The van der Waals surface area contributed by atoms with E-state index < -0.39 is 0 Å². The van der Waals surface area contributed by atoms with Crippen LogP contribution >= 0.6 is 0 Å². The van der Waals surface area contributed by atoms with Gasteiger partial charge >= 0.3 is 7.12 Å². The molecule has 0 spiro atoms. The van der Waals surface area contributed by atoms with Crippen LogP contribution in [-0.2, 0) is 4.74 Å². The lowest BCUT2D eigenvalue weighted by Crippen LogP contribution is -2.21. The molecule has 1 aliphatic heterocycles. The minimum atomic E-state index is -0.317. The number of ether oxygens (including phenoxy) is 1. The second-order valence-electron chi connectivity index (χ2n) is 2.93. The number of hydrogen-bond acceptors (Lipinski definition) is 3. The van der Waals surface area contributed by atoms with Crippen molar-refractivity contribution in [3.8, 4) is 11.5 Å². The van der Waals surface area contributed by atoms with Gasteiger partial charge in [0.05, 0.1) is 6.61 Å². The monoisotopic (exact) mass is 190 g/mol. The summed E-state index contributed by atoms with van der Waals surface area (Å²) in [4.78, 5) is 0. The van der Waals surface area contributed by atoms with Crippen molar-refractivity contribution in [2.24, 2.45) is 0 Å². The minimum absolute atomic E-state index is 0.317. The molecule has 1 aliphatic rings. The fourth-order valence-electron chi connectivity index (χ4n) is 1.26. The Hall–Kier alpha value is -1.42. The van der Waals surface area contributed by atoms with E-state index in [0.29, 0.717) is 6.61 Å². The number of methoxy groups -OCH3 is 1. The van der Waals surface area contributed by atoms with E-state index in [9.17, 15) is 0 Å². The summed E-state index contributed by atoms with van der Waals surface area (Å²) in [6, 6.07) is 7.62. The van der Waals surface area contributed by atoms with Gasteiger partial charge in [-0.3, -0.25) is 0 Å². The van der Waals surface area contributed by atoms with E-state index in [1.807, 2.05) is 36.3 Å². The molecule has 0 radical (unpaired) electrons. The van der Waals surface area contributed by atoms with Gasteiger partial charge in [0.2, 0.25) is 0 Å². The number of para-hydroxylation sites is 2. The molecule has 72 valence electrons. The Morgan fingerprint density at radius 3 is 2.50 bits per heavy atom. The predicted octanol–water partition coefficient (Wildman–Crippen LogP) is 1.69. The normalized spacial score (nSPS) is 13.9. The fourth-order valence-corrected chi connectivity index (χ4v) is 1.26. The van der Waals surface area contributed by atoms with Crippen LogP contribution in [0, 0.1) is 0 Å². The zero-order valence-electron chi connectivity index (χ0n) is 7.97. The van der Waals surface area contributed by atoms with E-state index in [4.69, 9.17) is 14.0 Å². The molecular weight excluding hydrogens is 179 g/mol. The van der Waals surface area contributed by atoms with Crippen molar-refractivity contribution in [2.75, 3.05) is 13.7 Å². The molecule has 0 saturated carbocycles. The molecular formula is C10H11BO3. The molecule has 0 amide bonds. The summed E-state index contributed by atoms with van der Waals surface area (Å²) in [5, 5.41) is 0. The first-order valence-electron chi connectivity index (χ1n) is 4.48. The number of fused-ring (bicyclic) bond motifs is 1. The highest BCUT2D eigenvalue weighted by Gasteiger charge is 2.28. The molecule has 4 heteroatoms. The minimum Gasteiger partial charge on any atom is -0.520 e. The van der Waals surface area contributed by atoms with Gasteiger partial charge in [-0.2, -0.15) is 0 Å². The second kappa shape index (κ2) is 4.20. The first-order valence-corrected chi connectivity index (χ1v) is 4.48. The van der Waals surface area contributed by atoms with Crippen LogP contribution in [0.2, 0.25) is 0 Å². The van der Waals surface area contributed by atoms with Crippen LogP contribution in [-0.4, -0.2) is 20.8 Å². The Morgan fingerprint density at radius 1 is 1.29 bits per heavy atom. The van der Waals surface area contributed by atoms with Crippen LogP contribution in [0.4, 0.5) is 0 Å². The predicted molar refractivity (Wildman–Crippen MR) is 54.5 cm³/mol. The molecule has 0 aromatic heterocycles. The zero-order chi connectivity index (χ0) is 9.80. The van der Waals surface area contributed by atoms with Crippen LogP contribution in [0.1, 0.15) is 0 Å². The van der Waals surface area contributed by atoms with Crippen molar-refractivity contribution >= 4 is 7.12 Å². The van der Waals surface area contributed by atoms with Gasteiger partial charge in [-0.15, -0.1) is 0 Å². The summed E-state index contributed by atoms with van der Waals surface area (Å²) in [5.74, 6) is 3.42. The van der Waals surface area contributed by atoms with E-state index >= 15 is 0 Å². The maximum absolute atomic E-state index is 5.49. The highest BCUT2D eigenvalue weighted by atomic mass is 16.6. The second-order valence-corrected chi connectivity index (χ2v) is 2.93. The van der Waals surface area contributed by atoms with Gasteiger partial charge in [0.25, 0.3) is 0 Å². The first-order chi connectivity index (χ1) is 6.90. The summed E-state index contributed by atoms with van der Waals surface area (Å²) in [6.07, 6.45) is 1.87. The molecule has 14 heavy (non-hydrogen) atoms. The smallest absolute Gasteiger partial charge is 0.520 e. The molecule has 0 N–H and O–H groups in total. The lowest BCUT2D eigenvalue weighted by Gasteiger charge is -1.97. The van der Waals surface area contributed by atoms with Crippen LogP contribution in [0.15, 0.2) is 36.3 Å². The van der Waals surface area contributed by atoms with Crippen LogP contribution in [0.3, 0.4) is 0 Å². The largest absolute Gasteiger partial charge is 0.624 e. The SMILES string of the molecule is COC/C=C/B1Oc2ccccc2O1. The third-order valence-corrected chi connectivity index (χ3v) is 1.89. The number of rotatable bonds is 3. The van der Waals surface area contributed by atoms with Crippen LogP contribution in [0.25, 0.3) is 0 Å². The summed E-state index contributed by atoms with van der Waals surface area (Å²) in [7, 11) is 1.33. The topological polar surface area (TPSA) is 27.7 Å². The first kappa shape index (κ1) is 9.15. The fraction of sp³-hybridized carbons (Fsp3) is 0.200. The molecule has 0 saturated heterocycles. The quantitative estimate of drug-likeness (QED) is 0.678. The van der Waals surface area contributed by atoms with E-state index in [0.717, 1.165) is 11.5 Å². The molecule has 0 aliphatic carbocycles. The molecule has 1 heterocycles. The van der Waals surface area contributed by atoms with E-state index in [1.54, 1.807) is 7.11 Å². The standard InChI is InChI=1S/C10H11BO3/c1-12-8-4-7-11-13-9-5-2-3-6-10(9)14-11/h2-7H,8H2,1H3/b7-4+. The highest BCUT2D eigenvalue weighted by Crippen LogP contribution is 2.32. The molecule has 1 aromatic rings. The van der Waals surface area contributed by atoms with Gasteiger partial charge in [0.1, 0.15) is 11.5 Å². The Morgan fingerprint density at radius 2 is 1.93 bits per heavy atom. The van der Waals surface area contributed by atoms with Crippen molar-refractivity contribution in [3.63, 3.8) is 0 Å². The van der Waals surface area contributed by atoms with Crippen molar-refractivity contribution in [3.05, 3.63) is 36.3 Å². The molecule has 0 unspecified atom stereocenters. The summed E-state index contributed by atoms with van der Waals surface area (Å²) < 4.78 is 15.9. The van der Waals surface area contributed by atoms with Crippen molar-refractivity contribution in [1.29, 1.82) is 0 Å². The van der Waals surface area contributed by atoms with Crippen LogP contribution < -0.4 is 9.31 Å². The van der Waals surface area contributed by atoms with Crippen molar-refractivity contribution in [2.45, 2.75) is 0 Å².